The number of anilines is 1. The number of benzene rings is 1. The summed E-state index contributed by atoms with van der Waals surface area (Å²) >= 11 is 9.93. The fourth-order valence-electron chi connectivity index (χ4n) is 2.02. The van der Waals surface area contributed by atoms with Gasteiger partial charge in [-0.15, -0.1) is 0 Å². The average molecular weight is 304 g/mol. The summed E-state index contributed by atoms with van der Waals surface area (Å²) in [6.07, 6.45) is 0. The minimum absolute atomic E-state index is 0.844. The molecule has 0 aliphatic carbocycles. The van der Waals surface area contributed by atoms with Gasteiger partial charge >= 0.3 is 0 Å². The minimum atomic E-state index is 0.844. The zero-order valence-corrected chi connectivity index (χ0v) is 12.0. The third kappa shape index (κ3) is 2.53. The van der Waals surface area contributed by atoms with E-state index < -0.39 is 0 Å². The van der Waals surface area contributed by atoms with E-state index in [1.807, 2.05) is 6.07 Å². The smallest absolute Gasteiger partial charge is 0.0701 e. The highest BCUT2D eigenvalue weighted by Crippen LogP contribution is 2.35. The standard InChI is InChI=1S/C12H16BrClN2/c1-9-7-10(13)12(11(14)8-9)16-5-3-15(2)4-6-16/h7-8H,3-6H2,1-2H3. The lowest BCUT2D eigenvalue weighted by Gasteiger charge is -2.35. The second-order valence-electron chi connectivity index (χ2n) is 4.37. The Morgan fingerprint density at radius 3 is 2.38 bits per heavy atom. The van der Waals surface area contributed by atoms with Crippen molar-refractivity contribution in [3.8, 4) is 0 Å². The van der Waals surface area contributed by atoms with E-state index in [1.54, 1.807) is 0 Å². The molecule has 1 heterocycles. The zero-order valence-electron chi connectivity index (χ0n) is 9.63. The van der Waals surface area contributed by atoms with Crippen LogP contribution in [0, 0.1) is 6.92 Å². The van der Waals surface area contributed by atoms with Crippen molar-refractivity contribution in [1.29, 1.82) is 0 Å². The molecule has 16 heavy (non-hydrogen) atoms. The van der Waals surface area contributed by atoms with Crippen molar-refractivity contribution in [1.82, 2.24) is 4.90 Å². The Labute approximate surface area is 110 Å². The predicted molar refractivity (Wildman–Crippen MR) is 73.6 cm³/mol. The van der Waals surface area contributed by atoms with Gasteiger partial charge in [-0.05, 0) is 47.6 Å². The normalized spacial score (nSPS) is 17.9. The molecular formula is C12H16BrClN2. The molecule has 1 aliphatic rings. The minimum Gasteiger partial charge on any atom is -0.367 e. The van der Waals surface area contributed by atoms with Crippen LogP contribution < -0.4 is 4.90 Å². The van der Waals surface area contributed by atoms with Gasteiger partial charge < -0.3 is 9.80 Å². The summed E-state index contributed by atoms with van der Waals surface area (Å²) in [6.45, 7) is 6.33. The van der Waals surface area contributed by atoms with E-state index in [2.05, 4.69) is 45.8 Å². The van der Waals surface area contributed by atoms with Gasteiger partial charge in [0.05, 0.1) is 10.7 Å². The molecule has 1 aromatic carbocycles. The van der Waals surface area contributed by atoms with Gasteiger partial charge in [-0.1, -0.05) is 11.6 Å². The molecule has 4 heteroatoms. The first-order valence-corrected chi connectivity index (χ1v) is 6.64. The van der Waals surface area contributed by atoms with E-state index in [0.717, 1.165) is 41.4 Å². The maximum absolute atomic E-state index is 6.32. The second kappa shape index (κ2) is 4.94. The monoisotopic (exact) mass is 302 g/mol. The third-order valence-electron chi connectivity index (χ3n) is 2.98. The van der Waals surface area contributed by atoms with E-state index >= 15 is 0 Å². The summed E-state index contributed by atoms with van der Waals surface area (Å²) in [7, 11) is 2.16. The SMILES string of the molecule is Cc1cc(Cl)c(N2CCN(C)CC2)c(Br)c1. The molecular weight excluding hydrogens is 288 g/mol. The van der Waals surface area contributed by atoms with Crippen LogP contribution in [0.2, 0.25) is 5.02 Å². The van der Waals surface area contributed by atoms with Gasteiger partial charge in [-0.2, -0.15) is 0 Å². The van der Waals surface area contributed by atoms with Gasteiger partial charge in [0.15, 0.2) is 0 Å². The van der Waals surface area contributed by atoms with Gasteiger partial charge in [0.1, 0.15) is 0 Å². The highest BCUT2D eigenvalue weighted by molar-refractivity contribution is 9.10. The van der Waals surface area contributed by atoms with E-state index in [-0.39, 0.29) is 0 Å². The maximum Gasteiger partial charge on any atom is 0.0701 e. The van der Waals surface area contributed by atoms with Crippen LogP contribution >= 0.6 is 27.5 Å². The molecule has 2 rings (SSSR count). The fraction of sp³-hybridized carbons (Fsp3) is 0.500. The first kappa shape index (κ1) is 12.2. The lowest BCUT2D eigenvalue weighted by molar-refractivity contribution is 0.312. The molecule has 0 atom stereocenters. The van der Waals surface area contributed by atoms with Crippen LogP contribution in [-0.4, -0.2) is 38.1 Å². The second-order valence-corrected chi connectivity index (χ2v) is 5.63. The summed E-state index contributed by atoms with van der Waals surface area (Å²) in [5, 5.41) is 0.844. The molecule has 0 spiro atoms. The molecule has 0 radical (unpaired) electrons. The van der Waals surface area contributed by atoms with Gasteiger partial charge in [-0.3, -0.25) is 0 Å². The van der Waals surface area contributed by atoms with Crippen molar-refractivity contribution in [2.24, 2.45) is 0 Å². The van der Waals surface area contributed by atoms with E-state index in [0.29, 0.717) is 0 Å². The maximum atomic E-state index is 6.32. The first-order valence-electron chi connectivity index (χ1n) is 5.47. The predicted octanol–water partition coefficient (Wildman–Crippen LogP) is 3.16. The molecule has 0 unspecified atom stereocenters. The number of nitrogens with zero attached hydrogens (tertiary/aromatic N) is 2. The van der Waals surface area contributed by atoms with Crippen LogP contribution in [0.4, 0.5) is 5.69 Å². The van der Waals surface area contributed by atoms with Gasteiger partial charge in [-0.25, -0.2) is 0 Å². The molecule has 1 aliphatic heterocycles. The van der Waals surface area contributed by atoms with E-state index in [4.69, 9.17) is 11.6 Å². The highest BCUT2D eigenvalue weighted by Gasteiger charge is 2.18. The summed E-state index contributed by atoms with van der Waals surface area (Å²) in [5.74, 6) is 0. The average Bonchev–Trinajstić information content (AvgIpc) is 2.19. The Hall–Kier alpha value is -0.250. The molecule has 0 aromatic heterocycles. The molecule has 0 N–H and O–H groups in total. The van der Waals surface area contributed by atoms with E-state index in [9.17, 15) is 0 Å². The molecule has 88 valence electrons. The van der Waals surface area contributed by atoms with Crippen molar-refractivity contribution in [3.05, 3.63) is 27.2 Å². The Morgan fingerprint density at radius 1 is 1.19 bits per heavy atom. The van der Waals surface area contributed by atoms with Crippen LogP contribution in [0.1, 0.15) is 5.56 Å². The molecule has 1 aromatic rings. The third-order valence-corrected chi connectivity index (χ3v) is 3.87. The Kier molecular flexibility index (Phi) is 3.77. The Morgan fingerprint density at radius 2 is 1.81 bits per heavy atom. The molecule has 1 fully saturated rings. The first-order chi connectivity index (χ1) is 7.58. The molecule has 0 amide bonds. The topological polar surface area (TPSA) is 6.48 Å². The fourth-order valence-corrected chi connectivity index (χ4v) is 3.36. The quantitative estimate of drug-likeness (QED) is 0.786. The number of rotatable bonds is 1. The number of halogens is 2. The number of hydrogen-bond donors (Lipinski definition) is 0. The van der Waals surface area contributed by atoms with Crippen molar-refractivity contribution in [2.45, 2.75) is 6.92 Å². The zero-order chi connectivity index (χ0) is 11.7. The lowest BCUT2D eigenvalue weighted by Crippen LogP contribution is -2.44. The van der Waals surface area contributed by atoms with Crippen LogP contribution in [0.3, 0.4) is 0 Å². The number of hydrogen-bond acceptors (Lipinski definition) is 2. The molecule has 0 bridgehead atoms. The summed E-state index contributed by atoms with van der Waals surface area (Å²) in [5.41, 5.74) is 2.33. The summed E-state index contributed by atoms with van der Waals surface area (Å²) in [4.78, 5) is 4.69. The lowest BCUT2D eigenvalue weighted by atomic mass is 10.2. The van der Waals surface area contributed by atoms with Crippen LogP contribution in [0.25, 0.3) is 0 Å². The number of likely N-dealkylation sites (N-methyl/N-ethyl adjacent to an activating group) is 1. The van der Waals surface area contributed by atoms with Crippen molar-refractivity contribution in [2.75, 3.05) is 38.1 Å². The van der Waals surface area contributed by atoms with Crippen molar-refractivity contribution >= 4 is 33.2 Å². The molecule has 1 saturated heterocycles. The van der Waals surface area contributed by atoms with Crippen LogP contribution in [0.5, 0.6) is 0 Å². The van der Waals surface area contributed by atoms with Gasteiger partial charge in [0.2, 0.25) is 0 Å². The number of piperazine rings is 1. The van der Waals surface area contributed by atoms with Gasteiger partial charge in [0.25, 0.3) is 0 Å². The van der Waals surface area contributed by atoms with Crippen molar-refractivity contribution in [3.63, 3.8) is 0 Å². The van der Waals surface area contributed by atoms with E-state index in [1.165, 1.54) is 5.56 Å². The Balaban J connectivity index is 2.26. The highest BCUT2D eigenvalue weighted by atomic mass is 79.9. The van der Waals surface area contributed by atoms with Crippen LogP contribution in [0.15, 0.2) is 16.6 Å². The van der Waals surface area contributed by atoms with Crippen LogP contribution in [-0.2, 0) is 0 Å². The molecule has 0 saturated carbocycles. The largest absolute Gasteiger partial charge is 0.367 e. The summed E-state index contributed by atoms with van der Waals surface area (Å²) < 4.78 is 1.10. The summed E-state index contributed by atoms with van der Waals surface area (Å²) in [6, 6.07) is 4.15. The van der Waals surface area contributed by atoms with Gasteiger partial charge in [0, 0.05) is 30.7 Å². The Bertz CT molecular complexity index is 364. The number of aryl methyl sites for hydroxylation is 1. The van der Waals surface area contributed by atoms with Crippen molar-refractivity contribution < 1.29 is 0 Å². The molecule has 2 nitrogen and oxygen atoms in total.